The van der Waals surface area contributed by atoms with Crippen molar-refractivity contribution in [1.29, 1.82) is 0 Å². The van der Waals surface area contributed by atoms with Crippen molar-refractivity contribution in [3.63, 3.8) is 0 Å². The first-order valence-corrected chi connectivity index (χ1v) is 14.3. The quantitative estimate of drug-likeness (QED) is 0.494. The molecule has 1 aliphatic carbocycles. The Kier molecular flexibility index (Phi) is 8.14. The minimum atomic E-state index is -3.79. The zero-order valence-electron chi connectivity index (χ0n) is 20.0. The first-order chi connectivity index (χ1) is 16.3. The lowest BCUT2D eigenvalue weighted by Gasteiger charge is -2.28. The highest BCUT2D eigenvalue weighted by Crippen LogP contribution is 2.37. The van der Waals surface area contributed by atoms with Crippen LogP contribution in [0.1, 0.15) is 51.1 Å². The van der Waals surface area contributed by atoms with Crippen molar-refractivity contribution in [3.8, 4) is 16.2 Å². The van der Waals surface area contributed by atoms with E-state index >= 15 is 0 Å². The van der Waals surface area contributed by atoms with Crippen LogP contribution >= 0.6 is 11.3 Å². The lowest BCUT2D eigenvalue weighted by molar-refractivity contribution is 0.0622. The highest BCUT2D eigenvalue weighted by atomic mass is 32.2. The Bertz CT molecular complexity index is 1070. The van der Waals surface area contributed by atoms with E-state index in [0.29, 0.717) is 37.4 Å². The molecule has 1 saturated carbocycles. The molecule has 1 aliphatic heterocycles. The third-order valence-corrected chi connectivity index (χ3v) is 9.53. The molecule has 188 valence electrons. The van der Waals surface area contributed by atoms with E-state index in [1.54, 1.807) is 12.1 Å². The summed E-state index contributed by atoms with van der Waals surface area (Å²) in [5.74, 6) is 0.854. The van der Waals surface area contributed by atoms with Gasteiger partial charge in [0.1, 0.15) is 10.6 Å². The molecule has 1 aromatic heterocycles. The van der Waals surface area contributed by atoms with Crippen molar-refractivity contribution < 1.29 is 23.0 Å². The number of thiazole rings is 1. The van der Waals surface area contributed by atoms with E-state index in [0.717, 1.165) is 47.3 Å². The largest absolute Gasteiger partial charge is 0.495 e. The van der Waals surface area contributed by atoms with Crippen LogP contribution in [0.4, 0.5) is 5.13 Å². The molecule has 2 aromatic rings. The topological polar surface area (TPSA) is 110 Å². The molecule has 2 aliphatic rings. The van der Waals surface area contributed by atoms with Crippen LogP contribution in [-0.2, 0) is 14.8 Å². The number of hydrogen-bond acceptors (Lipinski definition) is 8. The van der Waals surface area contributed by atoms with Crippen molar-refractivity contribution in [2.24, 2.45) is 5.92 Å². The van der Waals surface area contributed by atoms with Gasteiger partial charge >= 0.3 is 0 Å². The van der Waals surface area contributed by atoms with Crippen molar-refractivity contribution in [2.45, 2.75) is 75.5 Å². The summed E-state index contributed by atoms with van der Waals surface area (Å²) in [6, 6.07) is 5.35. The summed E-state index contributed by atoms with van der Waals surface area (Å²) in [7, 11) is -2.32. The molecule has 0 radical (unpaired) electrons. The molecule has 0 amide bonds. The molecule has 2 fully saturated rings. The van der Waals surface area contributed by atoms with Crippen molar-refractivity contribution >= 4 is 26.5 Å². The average molecular weight is 510 g/mol. The van der Waals surface area contributed by atoms with Gasteiger partial charge in [0.05, 0.1) is 23.8 Å². The van der Waals surface area contributed by atoms with Crippen LogP contribution in [0.25, 0.3) is 10.4 Å². The zero-order valence-corrected chi connectivity index (χ0v) is 21.7. The Morgan fingerprint density at radius 1 is 1.18 bits per heavy atom. The van der Waals surface area contributed by atoms with Gasteiger partial charge in [-0.25, -0.2) is 18.1 Å². The first-order valence-electron chi connectivity index (χ1n) is 12.0. The van der Waals surface area contributed by atoms with Gasteiger partial charge in [0.25, 0.3) is 0 Å². The fourth-order valence-corrected chi connectivity index (χ4v) is 7.32. The second-order valence-corrected chi connectivity index (χ2v) is 12.0. The summed E-state index contributed by atoms with van der Waals surface area (Å²) in [6.07, 6.45) is 4.19. The molecule has 1 aromatic carbocycles. The van der Waals surface area contributed by atoms with Gasteiger partial charge in [-0.15, -0.1) is 0 Å². The molecule has 0 spiro atoms. The minimum Gasteiger partial charge on any atom is -0.495 e. The summed E-state index contributed by atoms with van der Waals surface area (Å²) in [4.78, 5) is 5.77. The molecule has 0 bridgehead atoms. The number of aliphatic hydroxyl groups is 1. The summed E-state index contributed by atoms with van der Waals surface area (Å²) >= 11 is 1.54. The monoisotopic (exact) mass is 509 g/mol. The molecular weight excluding hydrogens is 474 g/mol. The fraction of sp³-hybridized carbons (Fsp3) is 0.625. The van der Waals surface area contributed by atoms with Gasteiger partial charge in [-0.1, -0.05) is 11.3 Å². The van der Waals surface area contributed by atoms with Crippen molar-refractivity contribution in [3.05, 3.63) is 23.9 Å². The number of hydrogen-bond donors (Lipinski definition) is 3. The van der Waals surface area contributed by atoms with Gasteiger partial charge in [-0.2, -0.15) is 0 Å². The van der Waals surface area contributed by atoms with Crippen LogP contribution in [0.2, 0.25) is 0 Å². The van der Waals surface area contributed by atoms with Gasteiger partial charge in [0, 0.05) is 25.3 Å². The van der Waals surface area contributed by atoms with E-state index in [1.807, 2.05) is 13.0 Å². The number of nitrogens with one attached hydrogen (secondary N) is 2. The molecule has 10 heteroatoms. The smallest absolute Gasteiger partial charge is 0.244 e. The van der Waals surface area contributed by atoms with E-state index in [9.17, 15) is 13.5 Å². The maximum absolute atomic E-state index is 13.3. The molecule has 1 saturated heterocycles. The number of ether oxygens (including phenoxy) is 2. The number of nitrogens with zero attached hydrogens (tertiary/aromatic N) is 1. The summed E-state index contributed by atoms with van der Waals surface area (Å²) in [5.41, 5.74) is 1.65. The third kappa shape index (κ3) is 5.91. The zero-order chi connectivity index (χ0) is 24.3. The van der Waals surface area contributed by atoms with Gasteiger partial charge in [0.15, 0.2) is 5.13 Å². The van der Waals surface area contributed by atoms with Crippen LogP contribution in [0.15, 0.2) is 23.1 Å². The molecule has 34 heavy (non-hydrogen) atoms. The maximum Gasteiger partial charge on any atom is 0.244 e. The number of methoxy groups -OCH3 is 1. The molecule has 4 rings (SSSR count). The molecular formula is C24H35N3O5S2. The van der Waals surface area contributed by atoms with Crippen LogP contribution in [0, 0.1) is 12.8 Å². The summed E-state index contributed by atoms with van der Waals surface area (Å²) in [6.45, 7) is 5.73. The van der Waals surface area contributed by atoms with Crippen molar-refractivity contribution in [2.75, 3.05) is 25.6 Å². The van der Waals surface area contributed by atoms with Crippen molar-refractivity contribution in [1.82, 2.24) is 9.71 Å². The minimum absolute atomic E-state index is 0.122. The average Bonchev–Trinajstić information content (AvgIpc) is 3.20. The fourth-order valence-electron chi connectivity index (χ4n) is 4.76. The van der Waals surface area contributed by atoms with E-state index in [4.69, 9.17) is 14.5 Å². The number of aryl methyl sites for hydroxylation is 1. The number of rotatable bonds is 8. The SMILES string of the molecule is COc1ccc(-c2sc(NC(C)C3CCOCC3)nc2C)cc1S(=O)(=O)NC1CCC(O)CC1. The Labute approximate surface area is 206 Å². The lowest BCUT2D eigenvalue weighted by Crippen LogP contribution is -2.38. The van der Waals surface area contributed by atoms with Crippen LogP contribution < -0.4 is 14.8 Å². The number of aliphatic hydroxyl groups excluding tert-OH is 1. The number of aromatic nitrogens is 1. The molecule has 1 unspecified atom stereocenters. The van der Waals surface area contributed by atoms with E-state index in [-0.39, 0.29) is 23.1 Å². The van der Waals surface area contributed by atoms with E-state index in [1.165, 1.54) is 18.4 Å². The van der Waals surface area contributed by atoms with E-state index in [2.05, 4.69) is 17.0 Å². The number of sulfonamides is 1. The van der Waals surface area contributed by atoms with Gasteiger partial charge < -0.3 is 19.9 Å². The van der Waals surface area contributed by atoms with Crippen LogP contribution in [-0.4, -0.2) is 57.0 Å². The lowest BCUT2D eigenvalue weighted by atomic mass is 9.93. The second-order valence-electron chi connectivity index (χ2n) is 9.31. The summed E-state index contributed by atoms with van der Waals surface area (Å²) in [5, 5.41) is 14.1. The van der Waals surface area contributed by atoms with Gasteiger partial charge in [-0.3, -0.25) is 0 Å². The first kappa shape index (κ1) is 25.4. The predicted molar refractivity (Wildman–Crippen MR) is 134 cm³/mol. The highest BCUT2D eigenvalue weighted by molar-refractivity contribution is 7.89. The third-order valence-electron chi connectivity index (χ3n) is 6.85. The Balaban J connectivity index is 1.55. The van der Waals surface area contributed by atoms with E-state index < -0.39 is 10.0 Å². The summed E-state index contributed by atoms with van der Waals surface area (Å²) < 4.78 is 40.2. The molecule has 2 heterocycles. The van der Waals surface area contributed by atoms with Gasteiger partial charge in [-0.05, 0) is 82.1 Å². The number of anilines is 1. The highest BCUT2D eigenvalue weighted by Gasteiger charge is 2.28. The molecule has 3 N–H and O–H groups in total. The molecule has 8 nitrogen and oxygen atoms in total. The van der Waals surface area contributed by atoms with Gasteiger partial charge in [0.2, 0.25) is 10.0 Å². The maximum atomic E-state index is 13.3. The number of benzene rings is 1. The van der Waals surface area contributed by atoms with Crippen LogP contribution in [0.3, 0.4) is 0 Å². The Morgan fingerprint density at radius 3 is 2.56 bits per heavy atom. The Morgan fingerprint density at radius 2 is 1.88 bits per heavy atom. The normalized spacial score (nSPS) is 22.9. The molecule has 1 atom stereocenters. The standard InChI is InChI=1S/C24H35N3O5S2/c1-15(17-10-12-32-13-11-17)25-24-26-16(2)23(33-24)18-4-9-21(31-3)22(14-18)34(29,30)27-19-5-7-20(28)8-6-19/h4,9,14-15,17,19-20,27-28H,5-8,10-13H2,1-3H3,(H,25,26). The Hall–Kier alpha value is -1.72. The predicted octanol–water partition coefficient (Wildman–Crippen LogP) is 3.94. The van der Waals surface area contributed by atoms with Crippen LogP contribution in [0.5, 0.6) is 5.75 Å². The second kappa shape index (κ2) is 10.9.